The highest BCUT2D eigenvalue weighted by molar-refractivity contribution is 7.98. The summed E-state index contributed by atoms with van der Waals surface area (Å²) < 4.78 is 2.74. The zero-order valence-electron chi connectivity index (χ0n) is 21.3. The first-order valence-corrected chi connectivity index (χ1v) is 13.1. The average Bonchev–Trinajstić information content (AvgIpc) is 3.54. The molecule has 1 aliphatic heterocycles. The van der Waals surface area contributed by atoms with E-state index in [1.54, 1.807) is 20.9 Å². The van der Waals surface area contributed by atoms with Gasteiger partial charge in [0, 0.05) is 24.5 Å². The summed E-state index contributed by atoms with van der Waals surface area (Å²) in [4.78, 5) is 38.3. The van der Waals surface area contributed by atoms with Gasteiger partial charge in [0.2, 0.25) is 11.8 Å². The normalized spacial score (nSPS) is 22.6. The third kappa shape index (κ3) is 9.00. The third-order valence-corrected chi connectivity index (χ3v) is 7.46. The monoisotopic (exact) mass is 530 g/mol. The van der Waals surface area contributed by atoms with Crippen molar-refractivity contribution in [2.45, 2.75) is 87.5 Å². The van der Waals surface area contributed by atoms with Crippen LogP contribution in [0.1, 0.15) is 52.4 Å². The van der Waals surface area contributed by atoms with Crippen molar-refractivity contribution in [2.75, 3.05) is 20.1 Å². The van der Waals surface area contributed by atoms with E-state index in [0.29, 0.717) is 49.7 Å². The molecule has 4 unspecified atom stereocenters. The van der Waals surface area contributed by atoms with Crippen LogP contribution in [0, 0.1) is 0 Å². The minimum Gasteiger partial charge on any atom is -0.403 e. The van der Waals surface area contributed by atoms with Gasteiger partial charge in [-0.05, 0) is 71.4 Å². The second-order valence-corrected chi connectivity index (χ2v) is 11.1. The Bertz CT molecular complexity index is 804. The number of likely N-dealkylation sites (N-methyl/N-ethyl adjacent to an activating group) is 1. The second-order valence-electron chi connectivity index (χ2n) is 10.00. The van der Waals surface area contributed by atoms with Gasteiger partial charge >= 0.3 is 6.03 Å². The maximum Gasteiger partial charge on any atom is 0.324 e. The molecular weight excluding hydrogens is 488 g/mol. The van der Waals surface area contributed by atoms with Gasteiger partial charge < -0.3 is 37.3 Å². The molecule has 206 valence electrons. The third-order valence-electron chi connectivity index (χ3n) is 6.36. The fourth-order valence-electron chi connectivity index (χ4n) is 4.12. The first-order chi connectivity index (χ1) is 16.8. The number of likely N-dealkylation sites (tertiary alicyclic amines) is 1. The van der Waals surface area contributed by atoms with E-state index in [-0.39, 0.29) is 18.0 Å². The predicted molar refractivity (Wildman–Crippen MR) is 138 cm³/mol. The second kappa shape index (κ2) is 13.3. The highest BCUT2D eigenvalue weighted by Gasteiger charge is 2.40. The maximum atomic E-state index is 13.1. The number of rotatable bonds is 14. The number of amides is 4. The van der Waals surface area contributed by atoms with Crippen molar-refractivity contribution in [3.8, 4) is 0 Å². The van der Waals surface area contributed by atoms with Crippen molar-refractivity contribution in [3.05, 3.63) is 11.9 Å². The van der Waals surface area contributed by atoms with Crippen molar-refractivity contribution in [2.24, 2.45) is 17.3 Å². The summed E-state index contributed by atoms with van der Waals surface area (Å²) in [6, 6.07) is -1.98. The predicted octanol–water partition coefficient (Wildman–Crippen LogP) is -1.58. The van der Waals surface area contributed by atoms with Crippen LogP contribution >= 0.6 is 11.9 Å². The van der Waals surface area contributed by atoms with Crippen LogP contribution in [0.3, 0.4) is 0 Å². The SMILES string of the molecule is CN1CC(N(N)/C(=C\N)C(C)(C)O)CC1C(=O)NC(CCCCNC(=O)NSC1CC1)C(O)C(N)=O. The van der Waals surface area contributed by atoms with E-state index in [4.69, 9.17) is 17.3 Å². The summed E-state index contributed by atoms with van der Waals surface area (Å²) in [6.07, 6.45) is 3.73. The number of carbonyl (C=O) groups excluding carboxylic acids is 3. The van der Waals surface area contributed by atoms with Crippen molar-refractivity contribution >= 4 is 29.8 Å². The van der Waals surface area contributed by atoms with Gasteiger partial charge in [-0.3, -0.25) is 19.2 Å². The topological polar surface area (TPSA) is 212 Å². The molecule has 1 heterocycles. The van der Waals surface area contributed by atoms with Gasteiger partial charge in [-0.25, -0.2) is 10.6 Å². The number of hydrazine groups is 1. The molecule has 2 rings (SSSR count). The number of hydrogen-bond acceptors (Lipinski definition) is 10. The Kier molecular flexibility index (Phi) is 11.1. The summed E-state index contributed by atoms with van der Waals surface area (Å²) in [5.41, 5.74) is 10.0. The van der Waals surface area contributed by atoms with Crippen molar-refractivity contribution in [1.29, 1.82) is 0 Å². The molecule has 4 amide bonds. The van der Waals surface area contributed by atoms with Gasteiger partial charge in [-0.1, -0.05) is 0 Å². The molecule has 0 bridgehead atoms. The Morgan fingerprint density at radius 3 is 2.50 bits per heavy atom. The highest BCUT2D eigenvalue weighted by atomic mass is 32.2. The minimum atomic E-state index is -1.55. The first-order valence-electron chi connectivity index (χ1n) is 12.2. The van der Waals surface area contributed by atoms with Gasteiger partial charge in [0.05, 0.1) is 23.8 Å². The quantitative estimate of drug-likeness (QED) is 0.0558. The lowest BCUT2D eigenvalue weighted by molar-refractivity contribution is -0.131. The Balaban J connectivity index is 1.87. The molecule has 0 aromatic heterocycles. The minimum absolute atomic E-state index is 0.251. The summed E-state index contributed by atoms with van der Waals surface area (Å²) >= 11 is 1.42. The first kappa shape index (κ1) is 30.0. The smallest absolute Gasteiger partial charge is 0.324 e. The molecule has 4 atom stereocenters. The Morgan fingerprint density at radius 2 is 1.94 bits per heavy atom. The van der Waals surface area contributed by atoms with E-state index in [2.05, 4.69) is 15.4 Å². The van der Waals surface area contributed by atoms with E-state index < -0.39 is 29.7 Å². The number of nitrogens with one attached hydrogen (secondary N) is 3. The number of aliphatic hydroxyl groups is 2. The standard InChI is InChI=1S/C22H42N8O5S/c1-22(2,35)17(11-23)30(25)13-10-16(29(3)12-13)20(33)27-15(18(31)19(24)32)6-4-5-9-26-21(34)28-36-14-7-8-14/h11,13-16,18,31,35H,4-10,12,23,25H2,1-3H3,(H2,24,32)(H,27,33)(H2,26,28,34)/b17-11-. The summed E-state index contributed by atoms with van der Waals surface area (Å²) in [6.45, 7) is 4.00. The molecule has 36 heavy (non-hydrogen) atoms. The lowest BCUT2D eigenvalue weighted by Gasteiger charge is -2.34. The largest absolute Gasteiger partial charge is 0.403 e. The van der Waals surface area contributed by atoms with E-state index in [1.165, 1.54) is 23.2 Å². The lowest BCUT2D eigenvalue weighted by Crippen LogP contribution is -2.53. The summed E-state index contributed by atoms with van der Waals surface area (Å²) in [5, 5.41) is 28.0. The van der Waals surface area contributed by atoms with E-state index >= 15 is 0 Å². The van der Waals surface area contributed by atoms with Crippen molar-refractivity contribution in [1.82, 2.24) is 25.3 Å². The lowest BCUT2D eigenvalue weighted by atomic mass is 10.0. The van der Waals surface area contributed by atoms with Gasteiger partial charge in [-0.2, -0.15) is 0 Å². The number of urea groups is 1. The van der Waals surface area contributed by atoms with E-state index in [0.717, 1.165) is 12.8 Å². The number of hydrogen-bond donors (Lipinski definition) is 8. The van der Waals surface area contributed by atoms with E-state index in [9.17, 15) is 24.6 Å². The maximum absolute atomic E-state index is 13.1. The summed E-state index contributed by atoms with van der Waals surface area (Å²) in [5.74, 6) is 4.92. The fraction of sp³-hybridized carbons (Fsp3) is 0.773. The zero-order chi connectivity index (χ0) is 27.0. The highest BCUT2D eigenvalue weighted by Crippen LogP contribution is 2.31. The number of nitrogens with two attached hydrogens (primary N) is 3. The fourth-order valence-corrected chi connectivity index (χ4v) is 4.84. The van der Waals surface area contributed by atoms with Gasteiger partial charge in [0.1, 0.15) is 5.60 Å². The molecule has 1 aliphatic carbocycles. The van der Waals surface area contributed by atoms with Crippen LogP contribution in [0.5, 0.6) is 0 Å². The van der Waals surface area contributed by atoms with Crippen LogP contribution in [0.25, 0.3) is 0 Å². The van der Waals surface area contributed by atoms with Crippen LogP contribution in [0.2, 0.25) is 0 Å². The van der Waals surface area contributed by atoms with Crippen molar-refractivity contribution in [3.63, 3.8) is 0 Å². The van der Waals surface area contributed by atoms with Gasteiger partial charge in [0.25, 0.3) is 0 Å². The molecular formula is C22H42N8O5S. The van der Waals surface area contributed by atoms with Gasteiger partial charge in [0.15, 0.2) is 6.10 Å². The molecule has 0 radical (unpaired) electrons. The molecule has 0 spiro atoms. The molecule has 0 aromatic rings. The number of unbranched alkanes of at least 4 members (excludes halogenated alkanes) is 1. The van der Waals surface area contributed by atoms with Crippen molar-refractivity contribution < 1.29 is 24.6 Å². The van der Waals surface area contributed by atoms with Gasteiger partial charge in [-0.15, -0.1) is 0 Å². The number of aliphatic hydroxyl groups excluding tert-OH is 1. The number of nitrogens with zero attached hydrogens (tertiary/aromatic N) is 2. The number of carbonyl (C=O) groups is 3. The number of primary amides is 1. The molecule has 1 saturated carbocycles. The molecule has 2 aliphatic rings. The Hall–Kier alpha value is -2.26. The van der Waals surface area contributed by atoms with Crippen LogP contribution in [0.15, 0.2) is 11.9 Å². The molecule has 11 N–H and O–H groups in total. The van der Waals surface area contributed by atoms with Crippen LogP contribution in [-0.2, 0) is 9.59 Å². The average molecular weight is 531 g/mol. The zero-order valence-corrected chi connectivity index (χ0v) is 22.1. The summed E-state index contributed by atoms with van der Waals surface area (Å²) in [7, 11) is 1.77. The molecule has 0 aromatic carbocycles. The van der Waals surface area contributed by atoms with Crippen LogP contribution in [0.4, 0.5) is 4.79 Å². The molecule has 1 saturated heterocycles. The molecule has 2 fully saturated rings. The van der Waals surface area contributed by atoms with E-state index in [1.807, 2.05) is 4.90 Å². The van der Waals surface area contributed by atoms with Crippen LogP contribution < -0.4 is 32.7 Å². The molecule has 13 nitrogen and oxygen atoms in total. The molecule has 14 heteroatoms. The van der Waals surface area contributed by atoms with Crippen LogP contribution in [-0.4, -0.2) is 93.2 Å². The Labute approximate surface area is 216 Å². The Morgan fingerprint density at radius 1 is 1.28 bits per heavy atom.